The molecule has 1 aliphatic rings. The second-order valence-corrected chi connectivity index (χ2v) is 5.67. The topological polar surface area (TPSA) is 32.3 Å². The monoisotopic (exact) mass is 364 g/mol. The van der Waals surface area contributed by atoms with Gasteiger partial charge in [-0.3, -0.25) is 4.79 Å². The number of nitrogens with zero attached hydrogens (tertiary/aromatic N) is 1. The number of halogens is 2. The Morgan fingerprint density at radius 3 is 2.94 bits per heavy atom. The van der Waals surface area contributed by atoms with Gasteiger partial charge in [0.1, 0.15) is 0 Å². The van der Waals surface area contributed by atoms with E-state index < -0.39 is 0 Å². The molecule has 0 saturated carbocycles. The van der Waals surface area contributed by atoms with Crippen LogP contribution in [0.15, 0.2) is 18.2 Å². The summed E-state index contributed by atoms with van der Waals surface area (Å²) in [6.45, 7) is 3.38. The highest BCUT2D eigenvalue weighted by atomic mass is 127. The molecule has 1 aliphatic heterocycles. The first kappa shape index (κ1) is 13.1. The molecule has 5 heteroatoms. The average Bonchev–Trinajstić information content (AvgIpc) is 2.56. The van der Waals surface area contributed by atoms with E-state index in [0.717, 1.165) is 36.2 Å². The van der Waals surface area contributed by atoms with Crippen molar-refractivity contribution in [3.63, 3.8) is 0 Å². The van der Waals surface area contributed by atoms with Gasteiger partial charge >= 0.3 is 0 Å². The van der Waals surface area contributed by atoms with Crippen molar-refractivity contribution >= 4 is 40.1 Å². The zero-order valence-corrected chi connectivity index (χ0v) is 12.3. The molecule has 0 aliphatic carbocycles. The van der Waals surface area contributed by atoms with Crippen LogP contribution in [0.25, 0.3) is 0 Å². The molecule has 1 aromatic carbocycles. The number of nitrogens with one attached hydrogen (secondary N) is 1. The number of carbonyl (C=O) groups is 1. The lowest BCUT2D eigenvalue weighted by atomic mass is 10.2. The Kier molecular flexibility index (Phi) is 4.64. The normalized spacial score (nSPS) is 16.7. The van der Waals surface area contributed by atoms with Gasteiger partial charge in [0.25, 0.3) is 5.91 Å². The summed E-state index contributed by atoms with van der Waals surface area (Å²) in [5, 5.41) is 3.82. The van der Waals surface area contributed by atoms with Crippen LogP contribution in [0.4, 0.5) is 0 Å². The van der Waals surface area contributed by atoms with Crippen molar-refractivity contribution in [1.29, 1.82) is 0 Å². The van der Waals surface area contributed by atoms with E-state index in [9.17, 15) is 4.79 Å². The van der Waals surface area contributed by atoms with Gasteiger partial charge in [0.05, 0.1) is 10.6 Å². The Morgan fingerprint density at radius 2 is 2.18 bits per heavy atom. The van der Waals surface area contributed by atoms with E-state index in [0.29, 0.717) is 10.6 Å². The predicted octanol–water partition coefficient (Wildman–Crippen LogP) is 2.38. The Labute approximate surface area is 120 Å². The van der Waals surface area contributed by atoms with Crippen molar-refractivity contribution in [3.05, 3.63) is 32.4 Å². The van der Waals surface area contributed by atoms with E-state index in [1.165, 1.54) is 0 Å². The number of rotatable bonds is 1. The Morgan fingerprint density at radius 1 is 1.35 bits per heavy atom. The van der Waals surface area contributed by atoms with Crippen molar-refractivity contribution in [3.8, 4) is 0 Å². The fraction of sp³-hybridized carbons (Fsp3) is 0.417. The van der Waals surface area contributed by atoms with Crippen LogP contribution < -0.4 is 5.32 Å². The lowest BCUT2D eigenvalue weighted by molar-refractivity contribution is 0.0766. The third-order valence-electron chi connectivity index (χ3n) is 2.79. The van der Waals surface area contributed by atoms with Gasteiger partial charge in [0.2, 0.25) is 0 Å². The largest absolute Gasteiger partial charge is 0.337 e. The molecule has 0 spiro atoms. The number of benzene rings is 1. The van der Waals surface area contributed by atoms with Crippen LogP contribution in [-0.2, 0) is 0 Å². The zero-order valence-electron chi connectivity index (χ0n) is 9.38. The van der Waals surface area contributed by atoms with E-state index in [4.69, 9.17) is 11.6 Å². The van der Waals surface area contributed by atoms with Gasteiger partial charge in [-0.05, 0) is 53.8 Å². The summed E-state index contributed by atoms with van der Waals surface area (Å²) >= 11 is 8.30. The molecule has 1 N–H and O–H groups in total. The predicted molar refractivity (Wildman–Crippen MR) is 77.6 cm³/mol. The Bertz CT molecular complexity index is 417. The highest BCUT2D eigenvalue weighted by Crippen LogP contribution is 2.20. The van der Waals surface area contributed by atoms with E-state index in [2.05, 4.69) is 27.9 Å². The van der Waals surface area contributed by atoms with Crippen LogP contribution >= 0.6 is 34.2 Å². The molecule has 1 amide bonds. The molecule has 1 fully saturated rings. The second-order valence-electron chi connectivity index (χ2n) is 4.02. The van der Waals surface area contributed by atoms with Crippen molar-refractivity contribution in [1.82, 2.24) is 10.2 Å². The van der Waals surface area contributed by atoms with E-state index in [1.54, 1.807) is 0 Å². The summed E-state index contributed by atoms with van der Waals surface area (Å²) in [4.78, 5) is 14.2. The minimum absolute atomic E-state index is 0.0371. The highest BCUT2D eigenvalue weighted by molar-refractivity contribution is 14.1. The van der Waals surface area contributed by atoms with Gasteiger partial charge in [-0.1, -0.05) is 11.6 Å². The number of hydrogen-bond acceptors (Lipinski definition) is 2. The summed E-state index contributed by atoms with van der Waals surface area (Å²) in [7, 11) is 0. The van der Waals surface area contributed by atoms with Gasteiger partial charge < -0.3 is 10.2 Å². The summed E-state index contributed by atoms with van der Waals surface area (Å²) in [6.07, 6.45) is 0.994. The van der Waals surface area contributed by atoms with Crippen LogP contribution in [0.2, 0.25) is 5.02 Å². The van der Waals surface area contributed by atoms with E-state index in [1.807, 2.05) is 23.1 Å². The molecule has 3 nitrogen and oxygen atoms in total. The fourth-order valence-electron chi connectivity index (χ4n) is 1.88. The van der Waals surface area contributed by atoms with Gasteiger partial charge in [-0.25, -0.2) is 0 Å². The zero-order chi connectivity index (χ0) is 12.3. The fourth-order valence-corrected chi connectivity index (χ4v) is 2.82. The summed E-state index contributed by atoms with van der Waals surface area (Å²) in [6, 6.07) is 5.55. The summed E-state index contributed by atoms with van der Waals surface area (Å²) < 4.78 is 1.04. The van der Waals surface area contributed by atoms with Crippen LogP contribution in [0, 0.1) is 3.57 Å². The molecule has 17 heavy (non-hydrogen) atoms. The van der Waals surface area contributed by atoms with Crippen LogP contribution in [-0.4, -0.2) is 37.0 Å². The molecular weight excluding hydrogens is 351 g/mol. The molecule has 0 bridgehead atoms. The molecule has 1 heterocycles. The first-order valence-corrected chi connectivity index (χ1v) is 7.09. The van der Waals surface area contributed by atoms with Crippen molar-refractivity contribution in [2.75, 3.05) is 26.2 Å². The molecule has 0 radical (unpaired) electrons. The molecular formula is C12H14ClIN2O. The molecule has 92 valence electrons. The molecule has 1 aromatic rings. The van der Waals surface area contributed by atoms with Crippen molar-refractivity contribution < 1.29 is 4.79 Å². The number of amides is 1. The molecule has 0 unspecified atom stereocenters. The van der Waals surface area contributed by atoms with Gasteiger partial charge in [0, 0.05) is 23.2 Å². The summed E-state index contributed by atoms with van der Waals surface area (Å²) in [5.41, 5.74) is 0.606. The third kappa shape index (κ3) is 3.33. The lowest BCUT2D eigenvalue weighted by Crippen LogP contribution is -2.34. The quantitative estimate of drug-likeness (QED) is 0.776. The van der Waals surface area contributed by atoms with Crippen LogP contribution in [0.3, 0.4) is 0 Å². The highest BCUT2D eigenvalue weighted by Gasteiger charge is 2.19. The SMILES string of the molecule is O=C(c1ccc(I)cc1Cl)N1CCCNCC1. The minimum atomic E-state index is 0.0371. The van der Waals surface area contributed by atoms with Crippen molar-refractivity contribution in [2.45, 2.75) is 6.42 Å². The first-order chi connectivity index (χ1) is 8.18. The molecule has 1 saturated heterocycles. The Hall–Kier alpha value is -0.330. The maximum atomic E-state index is 12.3. The van der Waals surface area contributed by atoms with E-state index in [-0.39, 0.29) is 5.91 Å². The smallest absolute Gasteiger partial charge is 0.255 e. The molecule has 0 atom stereocenters. The first-order valence-electron chi connectivity index (χ1n) is 5.63. The summed E-state index contributed by atoms with van der Waals surface area (Å²) in [5.74, 6) is 0.0371. The standard InChI is InChI=1S/C12H14ClIN2O/c13-11-8-9(14)2-3-10(11)12(17)16-6-1-4-15-5-7-16/h2-3,8,15H,1,4-7H2. The van der Waals surface area contributed by atoms with Crippen LogP contribution in [0.5, 0.6) is 0 Å². The average molecular weight is 365 g/mol. The number of hydrogen-bond donors (Lipinski definition) is 1. The second kappa shape index (κ2) is 6.02. The minimum Gasteiger partial charge on any atom is -0.337 e. The Balaban J connectivity index is 2.17. The maximum absolute atomic E-state index is 12.3. The molecule has 0 aromatic heterocycles. The maximum Gasteiger partial charge on any atom is 0.255 e. The molecule has 2 rings (SSSR count). The lowest BCUT2D eigenvalue weighted by Gasteiger charge is -2.20. The third-order valence-corrected chi connectivity index (χ3v) is 3.77. The van der Waals surface area contributed by atoms with Gasteiger partial charge in [-0.15, -0.1) is 0 Å². The van der Waals surface area contributed by atoms with Gasteiger partial charge in [-0.2, -0.15) is 0 Å². The van der Waals surface area contributed by atoms with E-state index >= 15 is 0 Å². The number of carbonyl (C=O) groups excluding carboxylic acids is 1. The van der Waals surface area contributed by atoms with Crippen LogP contribution in [0.1, 0.15) is 16.8 Å². The van der Waals surface area contributed by atoms with Crippen molar-refractivity contribution in [2.24, 2.45) is 0 Å². The van der Waals surface area contributed by atoms with Gasteiger partial charge in [0.15, 0.2) is 0 Å².